The third-order valence-corrected chi connectivity index (χ3v) is 4.57. The number of pyridine rings is 1. The molecule has 0 bridgehead atoms. The summed E-state index contributed by atoms with van der Waals surface area (Å²) in [7, 11) is 0. The van der Waals surface area contributed by atoms with Crippen molar-refractivity contribution in [1.82, 2.24) is 19.7 Å². The Bertz CT molecular complexity index is 951. The minimum absolute atomic E-state index is 0.701. The van der Waals surface area contributed by atoms with Crippen LogP contribution in [0.25, 0.3) is 16.2 Å². The van der Waals surface area contributed by atoms with Crippen LogP contribution >= 0.6 is 0 Å². The predicted octanol–water partition coefficient (Wildman–Crippen LogP) is 3.82. The van der Waals surface area contributed by atoms with Crippen molar-refractivity contribution in [2.75, 3.05) is 6.54 Å². The van der Waals surface area contributed by atoms with Gasteiger partial charge >= 0.3 is 0 Å². The van der Waals surface area contributed by atoms with E-state index < -0.39 is 0 Å². The Morgan fingerprint density at radius 1 is 1.16 bits per heavy atom. The fraction of sp³-hybridized carbons (Fsp3) is 0.250. The van der Waals surface area contributed by atoms with Crippen molar-refractivity contribution in [3.63, 3.8) is 0 Å². The fourth-order valence-electron chi connectivity index (χ4n) is 3.31. The fourth-order valence-corrected chi connectivity index (χ4v) is 3.31. The van der Waals surface area contributed by atoms with Gasteiger partial charge in [0.25, 0.3) is 0 Å². The normalized spacial score (nSPS) is 14.1. The first kappa shape index (κ1) is 15.6. The Morgan fingerprint density at radius 3 is 2.92 bits per heavy atom. The Morgan fingerprint density at radius 2 is 2.08 bits per heavy atom. The van der Waals surface area contributed by atoms with Gasteiger partial charge < -0.3 is 0 Å². The van der Waals surface area contributed by atoms with Crippen molar-refractivity contribution in [1.29, 1.82) is 0 Å². The molecule has 3 aromatic rings. The van der Waals surface area contributed by atoms with E-state index >= 15 is 0 Å². The highest BCUT2D eigenvalue weighted by Crippen LogP contribution is 2.24. The first-order chi connectivity index (χ1) is 12.2. The molecule has 0 atom stereocenters. The van der Waals surface area contributed by atoms with E-state index in [0.29, 0.717) is 5.69 Å². The van der Waals surface area contributed by atoms with E-state index in [9.17, 15) is 0 Å². The van der Waals surface area contributed by atoms with Gasteiger partial charge in [0.2, 0.25) is 0 Å². The van der Waals surface area contributed by atoms with Gasteiger partial charge in [-0.15, -0.1) is 0 Å². The number of aryl methyl sites for hydroxylation is 1. The van der Waals surface area contributed by atoms with E-state index in [2.05, 4.69) is 44.5 Å². The van der Waals surface area contributed by atoms with Crippen LogP contribution < -0.4 is 0 Å². The second-order valence-corrected chi connectivity index (χ2v) is 6.41. The van der Waals surface area contributed by atoms with Crippen LogP contribution in [0, 0.1) is 13.5 Å². The molecule has 2 aromatic heterocycles. The lowest BCUT2D eigenvalue weighted by atomic mass is 10.1. The standard InChI is InChI=1S/C20H19N5/c1-15-5-4-8-22-20(15)19-12-18-14-24(9-10-25(18)23-19)13-16-6-3-7-17(11-16)21-2/h3-8,11-12H,9-10,13-14H2,1H3. The summed E-state index contributed by atoms with van der Waals surface area (Å²) in [4.78, 5) is 10.4. The molecule has 0 unspecified atom stereocenters. The molecule has 3 heterocycles. The molecule has 0 saturated carbocycles. The number of aromatic nitrogens is 3. The summed E-state index contributed by atoms with van der Waals surface area (Å²) in [5.74, 6) is 0. The minimum Gasteiger partial charge on any atom is -0.291 e. The van der Waals surface area contributed by atoms with Crippen molar-refractivity contribution in [2.45, 2.75) is 26.6 Å². The SMILES string of the molecule is [C-]#[N+]c1cccc(CN2CCn3nc(-c4ncccc4C)cc3C2)c1. The molecule has 1 aromatic carbocycles. The summed E-state index contributed by atoms with van der Waals surface area (Å²) in [6.07, 6.45) is 1.82. The van der Waals surface area contributed by atoms with Gasteiger partial charge in [-0.05, 0) is 30.2 Å². The highest BCUT2D eigenvalue weighted by Gasteiger charge is 2.20. The van der Waals surface area contributed by atoms with Crippen LogP contribution in [0.1, 0.15) is 16.8 Å². The number of hydrogen-bond acceptors (Lipinski definition) is 3. The third kappa shape index (κ3) is 3.17. The maximum atomic E-state index is 7.15. The Kier molecular flexibility index (Phi) is 4.04. The van der Waals surface area contributed by atoms with Gasteiger partial charge in [-0.3, -0.25) is 14.6 Å². The van der Waals surface area contributed by atoms with E-state index in [-0.39, 0.29) is 0 Å². The number of nitrogens with zero attached hydrogens (tertiary/aromatic N) is 5. The van der Waals surface area contributed by atoms with Crippen LogP contribution in [0.3, 0.4) is 0 Å². The number of rotatable bonds is 3. The van der Waals surface area contributed by atoms with E-state index in [1.807, 2.05) is 30.5 Å². The molecule has 5 heteroatoms. The summed E-state index contributed by atoms with van der Waals surface area (Å²) in [5.41, 5.74) is 6.15. The largest absolute Gasteiger partial charge is 0.291 e. The molecule has 25 heavy (non-hydrogen) atoms. The summed E-state index contributed by atoms with van der Waals surface area (Å²) in [5, 5.41) is 4.74. The van der Waals surface area contributed by atoms with Gasteiger partial charge in [-0.25, -0.2) is 4.85 Å². The Labute approximate surface area is 147 Å². The summed E-state index contributed by atoms with van der Waals surface area (Å²) in [6.45, 7) is 12.8. The molecule has 0 N–H and O–H groups in total. The van der Waals surface area contributed by atoms with Crippen molar-refractivity contribution in [3.05, 3.63) is 76.9 Å². The van der Waals surface area contributed by atoms with Crippen LogP contribution in [0.2, 0.25) is 0 Å². The second-order valence-electron chi connectivity index (χ2n) is 6.41. The average Bonchev–Trinajstić information content (AvgIpc) is 3.05. The number of hydrogen-bond donors (Lipinski definition) is 0. The maximum absolute atomic E-state index is 7.15. The third-order valence-electron chi connectivity index (χ3n) is 4.57. The van der Waals surface area contributed by atoms with Crippen molar-refractivity contribution in [3.8, 4) is 11.4 Å². The zero-order chi connectivity index (χ0) is 17.2. The van der Waals surface area contributed by atoms with Crippen LogP contribution in [0.5, 0.6) is 0 Å². The lowest BCUT2D eigenvalue weighted by molar-refractivity contribution is 0.205. The van der Waals surface area contributed by atoms with Gasteiger partial charge in [-0.2, -0.15) is 5.10 Å². The first-order valence-electron chi connectivity index (χ1n) is 8.40. The number of fused-ring (bicyclic) bond motifs is 1. The van der Waals surface area contributed by atoms with Crippen LogP contribution in [-0.2, 0) is 19.6 Å². The Balaban J connectivity index is 1.54. The zero-order valence-corrected chi connectivity index (χ0v) is 14.2. The van der Waals surface area contributed by atoms with E-state index in [4.69, 9.17) is 11.7 Å². The van der Waals surface area contributed by atoms with E-state index in [1.54, 1.807) is 0 Å². The van der Waals surface area contributed by atoms with Gasteiger partial charge in [-0.1, -0.05) is 30.3 Å². The summed E-state index contributed by atoms with van der Waals surface area (Å²) in [6, 6.07) is 14.0. The smallest absolute Gasteiger partial charge is 0.187 e. The molecule has 0 amide bonds. The van der Waals surface area contributed by atoms with Gasteiger partial charge in [0.15, 0.2) is 5.69 Å². The molecule has 124 valence electrons. The van der Waals surface area contributed by atoms with Gasteiger partial charge in [0, 0.05) is 25.8 Å². The zero-order valence-electron chi connectivity index (χ0n) is 14.2. The van der Waals surface area contributed by atoms with Crippen LogP contribution in [-0.4, -0.2) is 26.2 Å². The molecule has 5 nitrogen and oxygen atoms in total. The highest BCUT2D eigenvalue weighted by molar-refractivity contribution is 5.58. The number of benzene rings is 1. The molecule has 0 fully saturated rings. The Hall–Kier alpha value is -2.97. The van der Waals surface area contributed by atoms with E-state index in [1.165, 1.54) is 11.3 Å². The molecule has 4 rings (SSSR count). The quantitative estimate of drug-likeness (QED) is 0.686. The summed E-state index contributed by atoms with van der Waals surface area (Å²) < 4.78 is 2.09. The highest BCUT2D eigenvalue weighted by atomic mass is 15.3. The second kappa shape index (κ2) is 6.50. The minimum atomic E-state index is 0.701. The average molecular weight is 329 g/mol. The topological polar surface area (TPSA) is 38.3 Å². The molecule has 1 aliphatic rings. The van der Waals surface area contributed by atoms with Crippen molar-refractivity contribution >= 4 is 5.69 Å². The maximum Gasteiger partial charge on any atom is 0.187 e. The molecular weight excluding hydrogens is 310 g/mol. The first-order valence-corrected chi connectivity index (χ1v) is 8.40. The molecular formula is C20H19N5. The van der Waals surface area contributed by atoms with Crippen molar-refractivity contribution in [2.24, 2.45) is 0 Å². The molecule has 0 aliphatic carbocycles. The molecule has 0 radical (unpaired) electrons. The molecule has 0 spiro atoms. The monoisotopic (exact) mass is 329 g/mol. The summed E-state index contributed by atoms with van der Waals surface area (Å²) >= 11 is 0. The van der Waals surface area contributed by atoms with Crippen molar-refractivity contribution < 1.29 is 0 Å². The van der Waals surface area contributed by atoms with E-state index in [0.717, 1.165) is 43.1 Å². The van der Waals surface area contributed by atoms with Crippen LogP contribution in [0.15, 0.2) is 48.7 Å². The molecule has 0 saturated heterocycles. The van der Waals surface area contributed by atoms with Gasteiger partial charge in [0.1, 0.15) is 5.69 Å². The predicted molar refractivity (Wildman–Crippen MR) is 97.0 cm³/mol. The molecule has 1 aliphatic heterocycles. The lowest BCUT2D eigenvalue weighted by Gasteiger charge is -2.27. The lowest BCUT2D eigenvalue weighted by Crippen LogP contribution is -2.33. The van der Waals surface area contributed by atoms with Gasteiger partial charge in [0.05, 0.1) is 24.5 Å². The van der Waals surface area contributed by atoms with Crippen LogP contribution in [0.4, 0.5) is 5.69 Å².